The van der Waals surface area contributed by atoms with Crippen molar-refractivity contribution < 1.29 is 13.2 Å². The van der Waals surface area contributed by atoms with Crippen molar-refractivity contribution in [3.05, 3.63) is 35.4 Å². The molecule has 1 aromatic rings. The molecule has 0 saturated carbocycles. The standard InChI is InChI=1S/C12H16F3N/c1-3-9(2)16-8-10-5-4-6-11(7-10)12(13,14)15/h4-7,9,16H,3,8H2,1-2H3. The summed E-state index contributed by atoms with van der Waals surface area (Å²) in [5, 5.41) is 3.16. The number of hydrogen-bond acceptors (Lipinski definition) is 1. The minimum Gasteiger partial charge on any atom is -0.310 e. The van der Waals surface area contributed by atoms with Crippen LogP contribution in [0.15, 0.2) is 24.3 Å². The van der Waals surface area contributed by atoms with E-state index in [9.17, 15) is 13.2 Å². The number of rotatable bonds is 4. The maximum absolute atomic E-state index is 12.4. The molecule has 0 aromatic heterocycles. The second-order valence-corrected chi connectivity index (χ2v) is 3.89. The molecule has 0 bridgehead atoms. The van der Waals surface area contributed by atoms with E-state index in [0.717, 1.165) is 12.5 Å². The van der Waals surface area contributed by atoms with Crippen molar-refractivity contribution in [2.24, 2.45) is 0 Å². The zero-order valence-electron chi connectivity index (χ0n) is 9.43. The van der Waals surface area contributed by atoms with Crippen LogP contribution in [0.4, 0.5) is 13.2 Å². The van der Waals surface area contributed by atoms with Crippen LogP contribution in [0.25, 0.3) is 0 Å². The van der Waals surface area contributed by atoms with Gasteiger partial charge in [-0.25, -0.2) is 0 Å². The van der Waals surface area contributed by atoms with Crippen LogP contribution in [0.5, 0.6) is 0 Å². The Kier molecular flexibility index (Phi) is 4.35. The lowest BCUT2D eigenvalue weighted by Crippen LogP contribution is -2.24. The Bertz CT molecular complexity index is 333. The van der Waals surface area contributed by atoms with Gasteiger partial charge in [0, 0.05) is 12.6 Å². The Balaban J connectivity index is 2.68. The molecule has 0 amide bonds. The van der Waals surface area contributed by atoms with E-state index in [0.29, 0.717) is 18.2 Å². The number of benzene rings is 1. The third kappa shape index (κ3) is 3.85. The van der Waals surface area contributed by atoms with Gasteiger partial charge in [0.15, 0.2) is 0 Å². The summed E-state index contributed by atoms with van der Waals surface area (Å²) in [7, 11) is 0. The maximum Gasteiger partial charge on any atom is 0.416 e. The summed E-state index contributed by atoms with van der Waals surface area (Å²) in [5.41, 5.74) is 0.0751. The molecular formula is C12H16F3N. The number of alkyl halides is 3. The van der Waals surface area contributed by atoms with Crippen LogP contribution < -0.4 is 5.32 Å². The highest BCUT2D eigenvalue weighted by Crippen LogP contribution is 2.29. The molecule has 0 aliphatic rings. The highest BCUT2D eigenvalue weighted by atomic mass is 19.4. The van der Waals surface area contributed by atoms with Crippen LogP contribution in [0.3, 0.4) is 0 Å². The Hall–Kier alpha value is -1.03. The minimum atomic E-state index is -4.26. The first-order valence-electron chi connectivity index (χ1n) is 5.33. The fourth-order valence-corrected chi connectivity index (χ4v) is 1.29. The summed E-state index contributed by atoms with van der Waals surface area (Å²) in [6.45, 7) is 4.51. The SMILES string of the molecule is CCC(C)NCc1cccc(C(F)(F)F)c1. The van der Waals surface area contributed by atoms with Crippen molar-refractivity contribution in [1.82, 2.24) is 5.32 Å². The highest BCUT2D eigenvalue weighted by molar-refractivity contribution is 5.25. The molecule has 1 atom stereocenters. The van der Waals surface area contributed by atoms with Crippen LogP contribution in [-0.4, -0.2) is 6.04 Å². The van der Waals surface area contributed by atoms with Crippen LogP contribution in [0.1, 0.15) is 31.4 Å². The van der Waals surface area contributed by atoms with E-state index in [1.165, 1.54) is 12.1 Å². The summed E-state index contributed by atoms with van der Waals surface area (Å²) >= 11 is 0. The second kappa shape index (κ2) is 5.34. The van der Waals surface area contributed by atoms with Crippen molar-refractivity contribution in [2.75, 3.05) is 0 Å². The Morgan fingerprint density at radius 3 is 2.56 bits per heavy atom. The van der Waals surface area contributed by atoms with E-state index in [1.807, 2.05) is 13.8 Å². The quantitative estimate of drug-likeness (QED) is 0.835. The Morgan fingerprint density at radius 1 is 1.31 bits per heavy atom. The van der Waals surface area contributed by atoms with Gasteiger partial charge >= 0.3 is 6.18 Å². The molecule has 90 valence electrons. The summed E-state index contributed by atoms with van der Waals surface area (Å²) in [6, 6.07) is 5.73. The van der Waals surface area contributed by atoms with Gasteiger partial charge in [0.05, 0.1) is 5.56 Å². The fraction of sp³-hybridized carbons (Fsp3) is 0.500. The molecule has 0 radical (unpaired) electrons. The van der Waals surface area contributed by atoms with Gasteiger partial charge in [-0.2, -0.15) is 13.2 Å². The molecule has 1 aromatic carbocycles. The number of halogens is 3. The summed E-state index contributed by atoms with van der Waals surface area (Å²) < 4.78 is 37.2. The molecule has 1 N–H and O–H groups in total. The van der Waals surface area contributed by atoms with Crippen LogP contribution >= 0.6 is 0 Å². The molecule has 0 fully saturated rings. The van der Waals surface area contributed by atoms with Crippen molar-refractivity contribution in [1.29, 1.82) is 0 Å². The molecule has 0 spiro atoms. The molecule has 4 heteroatoms. The van der Waals surface area contributed by atoms with Gasteiger partial charge < -0.3 is 5.32 Å². The predicted molar refractivity (Wildman–Crippen MR) is 58.0 cm³/mol. The molecule has 1 unspecified atom stereocenters. The van der Waals surface area contributed by atoms with Crippen molar-refractivity contribution in [2.45, 2.75) is 39.0 Å². The third-order valence-corrected chi connectivity index (χ3v) is 2.52. The minimum absolute atomic E-state index is 0.314. The molecule has 0 aliphatic carbocycles. The lowest BCUT2D eigenvalue weighted by Gasteiger charge is -2.12. The zero-order valence-corrected chi connectivity index (χ0v) is 9.43. The molecule has 1 nitrogen and oxygen atoms in total. The largest absolute Gasteiger partial charge is 0.416 e. The fourth-order valence-electron chi connectivity index (χ4n) is 1.29. The number of nitrogens with one attached hydrogen (secondary N) is 1. The van der Waals surface area contributed by atoms with Gasteiger partial charge in [0.1, 0.15) is 0 Å². The molecule has 0 aliphatic heterocycles. The molecule has 16 heavy (non-hydrogen) atoms. The lowest BCUT2D eigenvalue weighted by molar-refractivity contribution is -0.137. The second-order valence-electron chi connectivity index (χ2n) is 3.89. The third-order valence-electron chi connectivity index (χ3n) is 2.52. The van der Waals surface area contributed by atoms with Crippen molar-refractivity contribution >= 4 is 0 Å². The van der Waals surface area contributed by atoms with Gasteiger partial charge in [0.2, 0.25) is 0 Å². The van der Waals surface area contributed by atoms with E-state index in [2.05, 4.69) is 5.32 Å². The Morgan fingerprint density at radius 2 is 2.00 bits per heavy atom. The highest BCUT2D eigenvalue weighted by Gasteiger charge is 2.30. The van der Waals surface area contributed by atoms with Crippen LogP contribution in [-0.2, 0) is 12.7 Å². The molecule has 1 rings (SSSR count). The van der Waals surface area contributed by atoms with Gasteiger partial charge in [0.25, 0.3) is 0 Å². The summed E-state index contributed by atoms with van der Waals surface area (Å²) in [4.78, 5) is 0. The smallest absolute Gasteiger partial charge is 0.310 e. The first-order valence-corrected chi connectivity index (χ1v) is 5.33. The zero-order chi connectivity index (χ0) is 12.2. The molecular weight excluding hydrogens is 215 g/mol. The first kappa shape index (κ1) is 13.0. The average Bonchev–Trinajstić information content (AvgIpc) is 2.25. The molecule has 0 heterocycles. The topological polar surface area (TPSA) is 12.0 Å². The summed E-state index contributed by atoms with van der Waals surface area (Å²) in [5.74, 6) is 0. The normalized spacial score (nSPS) is 13.8. The Labute approximate surface area is 93.7 Å². The van der Waals surface area contributed by atoms with Gasteiger partial charge in [-0.1, -0.05) is 25.1 Å². The predicted octanol–water partition coefficient (Wildman–Crippen LogP) is 3.59. The average molecular weight is 231 g/mol. The molecule has 0 saturated heterocycles. The van der Waals surface area contributed by atoms with E-state index >= 15 is 0 Å². The monoisotopic (exact) mass is 231 g/mol. The first-order chi connectivity index (χ1) is 7.43. The van der Waals surface area contributed by atoms with Crippen molar-refractivity contribution in [3.8, 4) is 0 Å². The van der Waals surface area contributed by atoms with Crippen LogP contribution in [0.2, 0.25) is 0 Å². The summed E-state index contributed by atoms with van der Waals surface area (Å²) in [6.07, 6.45) is -3.30. The van der Waals surface area contributed by atoms with Gasteiger partial charge in [-0.15, -0.1) is 0 Å². The van der Waals surface area contributed by atoms with E-state index in [1.54, 1.807) is 6.07 Å². The number of hydrogen-bond donors (Lipinski definition) is 1. The van der Waals surface area contributed by atoms with E-state index in [4.69, 9.17) is 0 Å². The van der Waals surface area contributed by atoms with Gasteiger partial charge in [-0.3, -0.25) is 0 Å². The van der Waals surface area contributed by atoms with Gasteiger partial charge in [-0.05, 0) is 25.0 Å². The van der Waals surface area contributed by atoms with Crippen LogP contribution in [0, 0.1) is 0 Å². The van der Waals surface area contributed by atoms with E-state index in [-0.39, 0.29) is 0 Å². The van der Waals surface area contributed by atoms with E-state index < -0.39 is 11.7 Å². The van der Waals surface area contributed by atoms with Crippen molar-refractivity contribution in [3.63, 3.8) is 0 Å². The maximum atomic E-state index is 12.4. The lowest BCUT2D eigenvalue weighted by atomic mass is 10.1.